The molecule has 0 bridgehead atoms. The topological polar surface area (TPSA) is 53.3 Å². The Kier molecular flexibility index (Phi) is 5.57. The zero-order valence-electron chi connectivity index (χ0n) is 18.3. The number of methoxy groups -OCH3 is 1. The van der Waals surface area contributed by atoms with E-state index in [0.29, 0.717) is 18.5 Å². The van der Waals surface area contributed by atoms with Crippen LogP contribution in [0.5, 0.6) is 5.75 Å². The van der Waals surface area contributed by atoms with Crippen LogP contribution in [-0.2, 0) is 23.5 Å². The quantitative estimate of drug-likeness (QED) is 0.360. The first kappa shape index (κ1) is 21.2. The Morgan fingerprint density at radius 3 is 2.62 bits per heavy atom. The number of aromatic nitrogens is 2. The molecule has 5 rings (SSSR count). The van der Waals surface area contributed by atoms with Gasteiger partial charge in [-0.2, -0.15) is 0 Å². The van der Waals surface area contributed by atoms with Gasteiger partial charge < -0.3 is 9.47 Å². The summed E-state index contributed by atoms with van der Waals surface area (Å²) in [7, 11) is 1.67. The van der Waals surface area contributed by atoms with Gasteiger partial charge in [0.15, 0.2) is 5.16 Å². The summed E-state index contributed by atoms with van der Waals surface area (Å²) in [4.78, 5) is 20.2. The molecule has 0 amide bonds. The van der Waals surface area contributed by atoms with E-state index in [1.54, 1.807) is 30.2 Å². The first-order chi connectivity index (χ1) is 15.4. The zero-order chi connectivity index (χ0) is 22.3. The van der Waals surface area contributed by atoms with Crippen molar-refractivity contribution in [1.29, 1.82) is 0 Å². The molecule has 0 saturated heterocycles. The van der Waals surface area contributed by atoms with Crippen molar-refractivity contribution in [2.24, 2.45) is 0 Å². The molecule has 5 nitrogen and oxygen atoms in total. The Hall–Kier alpha value is -2.61. The van der Waals surface area contributed by atoms with Gasteiger partial charge in [0.05, 0.1) is 19.3 Å². The molecule has 0 atom stereocenters. The Bertz CT molecular complexity index is 1330. The van der Waals surface area contributed by atoms with E-state index in [-0.39, 0.29) is 11.0 Å². The summed E-state index contributed by atoms with van der Waals surface area (Å²) in [5.41, 5.74) is 3.27. The molecule has 0 radical (unpaired) electrons. The fourth-order valence-corrected chi connectivity index (χ4v) is 6.07. The van der Waals surface area contributed by atoms with Crippen LogP contribution < -0.4 is 10.2 Å². The highest BCUT2D eigenvalue weighted by molar-refractivity contribution is 7.98. The number of imidazole rings is 1. The first-order valence-electron chi connectivity index (χ1n) is 10.5. The smallest absolute Gasteiger partial charge is 0.211 e. The number of nitrogens with zero attached hydrogens (tertiary/aromatic N) is 2. The van der Waals surface area contributed by atoms with Crippen molar-refractivity contribution in [2.75, 3.05) is 7.11 Å². The highest BCUT2D eigenvalue weighted by Gasteiger charge is 2.31. The van der Waals surface area contributed by atoms with Gasteiger partial charge in [-0.15, -0.1) is 11.3 Å². The van der Waals surface area contributed by atoms with Crippen LogP contribution in [0.1, 0.15) is 29.9 Å². The van der Waals surface area contributed by atoms with Crippen LogP contribution in [0.2, 0.25) is 0 Å². The van der Waals surface area contributed by atoms with Crippen molar-refractivity contribution in [1.82, 2.24) is 9.55 Å². The van der Waals surface area contributed by atoms with Gasteiger partial charge in [0.1, 0.15) is 16.1 Å². The molecule has 2 aromatic carbocycles. The number of hydrogen-bond acceptors (Lipinski definition) is 6. The third kappa shape index (κ3) is 3.96. The van der Waals surface area contributed by atoms with Crippen molar-refractivity contribution >= 4 is 33.4 Å². The summed E-state index contributed by atoms with van der Waals surface area (Å²) in [5.74, 6) is 1.58. The Morgan fingerprint density at radius 2 is 1.91 bits per heavy atom. The van der Waals surface area contributed by atoms with Crippen molar-refractivity contribution in [3.63, 3.8) is 0 Å². The molecule has 0 aliphatic carbocycles. The second kappa shape index (κ2) is 8.39. The number of para-hydroxylation sites is 1. The normalized spacial score (nSPS) is 15.0. The van der Waals surface area contributed by atoms with Gasteiger partial charge in [-0.25, -0.2) is 4.98 Å². The number of fused-ring (bicyclic) bond motifs is 2. The fourth-order valence-electron chi connectivity index (χ4n) is 3.88. The number of ether oxygens (including phenoxy) is 2. The van der Waals surface area contributed by atoms with E-state index in [4.69, 9.17) is 14.5 Å². The van der Waals surface area contributed by atoms with E-state index in [1.807, 2.05) is 44.2 Å². The molecule has 2 aromatic heterocycles. The summed E-state index contributed by atoms with van der Waals surface area (Å²) in [6, 6.07) is 18.1. The van der Waals surface area contributed by atoms with E-state index in [9.17, 15) is 4.79 Å². The lowest BCUT2D eigenvalue weighted by Gasteiger charge is -2.30. The van der Waals surface area contributed by atoms with Crippen LogP contribution in [0.25, 0.3) is 16.0 Å². The molecule has 0 N–H and O–H groups in total. The maximum absolute atomic E-state index is 13.5. The standard InChI is InChI=1S/C25H24N2O3S2/c1-25(2)13-19-20(14-30-25)32-23-21(22(19)28)26-24(27(23)17-7-5-4-6-8-17)31-15-16-9-11-18(29-3)12-10-16/h4-12H,13-15H2,1-3H3. The number of benzene rings is 2. The van der Waals surface area contributed by atoms with Gasteiger partial charge >= 0.3 is 0 Å². The Labute approximate surface area is 195 Å². The van der Waals surface area contributed by atoms with Crippen LogP contribution in [0.3, 0.4) is 0 Å². The molecule has 1 aliphatic heterocycles. The zero-order valence-corrected chi connectivity index (χ0v) is 19.9. The minimum Gasteiger partial charge on any atom is -0.497 e. The van der Waals surface area contributed by atoms with Crippen molar-refractivity contribution in [2.45, 2.75) is 43.4 Å². The van der Waals surface area contributed by atoms with Crippen LogP contribution in [0, 0.1) is 0 Å². The monoisotopic (exact) mass is 464 g/mol. The largest absolute Gasteiger partial charge is 0.497 e. The molecule has 7 heteroatoms. The lowest BCUT2D eigenvalue weighted by atomic mass is 9.95. The molecule has 1 aliphatic rings. The van der Waals surface area contributed by atoms with Gasteiger partial charge in [-0.1, -0.05) is 42.1 Å². The molecule has 0 saturated carbocycles. The Morgan fingerprint density at radius 1 is 1.16 bits per heavy atom. The fraction of sp³-hybridized carbons (Fsp3) is 0.280. The predicted molar refractivity (Wildman–Crippen MR) is 130 cm³/mol. The summed E-state index contributed by atoms with van der Waals surface area (Å²) in [6.07, 6.45) is 0.611. The molecule has 0 unspecified atom stereocenters. The predicted octanol–water partition coefficient (Wildman–Crippen LogP) is 5.60. The molecule has 3 heterocycles. The van der Waals surface area contributed by atoms with Crippen molar-refractivity contribution in [3.8, 4) is 11.4 Å². The van der Waals surface area contributed by atoms with E-state index in [0.717, 1.165) is 37.6 Å². The van der Waals surface area contributed by atoms with E-state index < -0.39 is 0 Å². The van der Waals surface area contributed by atoms with Crippen LogP contribution in [0.15, 0.2) is 64.5 Å². The third-order valence-corrected chi connectivity index (χ3v) is 7.78. The average molecular weight is 465 g/mol. The lowest BCUT2D eigenvalue weighted by Crippen LogP contribution is -2.34. The highest BCUT2D eigenvalue weighted by atomic mass is 32.2. The molecular weight excluding hydrogens is 440 g/mol. The maximum atomic E-state index is 13.5. The molecular formula is C25H24N2O3S2. The molecule has 0 spiro atoms. The summed E-state index contributed by atoms with van der Waals surface area (Å²) >= 11 is 3.25. The average Bonchev–Trinajstić information content (AvgIpc) is 3.17. The van der Waals surface area contributed by atoms with Crippen LogP contribution in [0.4, 0.5) is 0 Å². The van der Waals surface area contributed by atoms with Gasteiger partial charge in [-0.05, 0) is 43.7 Å². The third-order valence-electron chi connectivity index (χ3n) is 5.59. The minimum atomic E-state index is -0.333. The van der Waals surface area contributed by atoms with Crippen molar-refractivity contribution < 1.29 is 9.47 Å². The minimum absolute atomic E-state index is 0.0334. The van der Waals surface area contributed by atoms with Gasteiger partial charge in [-0.3, -0.25) is 9.36 Å². The summed E-state index contributed by atoms with van der Waals surface area (Å²) in [6.45, 7) is 4.53. The second-order valence-corrected chi connectivity index (χ2v) is 10.4. The number of hydrogen-bond donors (Lipinski definition) is 0. The number of rotatable bonds is 5. The van der Waals surface area contributed by atoms with Crippen LogP contribution in [-0.4, -0.2) is 22.3 Å². The molecule has 4 aromatic rings. The lowest BCUT2D eigenvalue weighted by molar-refractivity contribution is -0.0386. The van der Waals surface area contributed by atoms with E-state index in [2.05, 4.69) is 28.8 Å². The molecule has 0 fully saturated rings. The van der Waals surface area contributed by atoms with E-state index >= 15 is 0 Å². The number of thioether (sulfide) groups is 1. The highest BCUT2D eigenvalue weighted by Crippen LogP contribution is 2.36. The summed E-state index contributed by atoms with van der Waals surface area (Å²) in [5, 5.41) is 0.817. The second-order valence-electron chi connectivity index (χ2n) is 8.41. The van der Waals surface area contributed by atoms with E-state index in [1.165, 1.54) is 5.56 Å². The molecule has 32 heavy (non-hydrogen) atoms. The van der Waals surface area contributed by atoms with Crippen molar-refractivity contribution in [3.05, 3.63) is 80.8 Å². The van der Waals surface area contributed by atoms with Crippen LogP contribution >= 0.6 is 23.1 Å². The maximum Gasteiger partial charge on any atom is 0.211 e. The Balaban J connectivity index is 1.61. The SMILES string of the molecule is COc1ccc(CSc2nc3c(=O)c4c(sc3n2-c2ccccc2)COC(C)(C)C4)cc1. The van der Waals surface area contributed by atoms with Gasteiger partial charge in [0, 0.05) is 28.3 Å². The summed E-state index contributed by atoms with van der Waals surface area (Å²) < 4.78 is 13.4. The van der Waals surface area contributed by atoms with Gasteiger partial charge in [0.25, 0.3) is 0 Å². The first-order valence-corrected chi connectivity index (χ1v) is 12.3. The van der Waals surface area contributed by atoms with Gasteiger partial charge in [0.2, 0.25) is 5.43 Å². The molecule has 164 valence electrons.